The summed E-state index contributed by atoms with van der Waals surface area (Å²) in [5, 5.41) is 12.2. The molecular formula is C15H19N3O2. The zero-order chi connectivity index (χ0) is 13.9. The van der Waals surface area contributed by atoms with E-state index in [1.165, 1.54) is 0 Å². The summed E-state index contributed by atoms with van der Waals surface area (Å²) < 4.78 is 1.80. The first-order valence-electron chi connectivity index (χ1n) is 7.11. The van der Waals surface area contributed by atoms with E-state index in [1.807, 2.05) is 24.4 Å². The van der Waals surface area contributed by atoms with Crippen molar-refractivity contribution in [3.05, 3.63) is 36.3 Å². The molecule has 3 rings (SSSR count). The average Bonchev–Trinajstić information content (AvgIpc) is 2.92. The van der Waals surface area contributed by atoms with Crippen molar-refractivity contribution in [2.24, 2.45) is 5.92 Å². The Balaban J connectivity index is 1.68. The minimum Gasteiger partial charge on any atom is -0.396 e. The number of rotatable bonds is 3. The van der Waals surface area contributed by atoms with Crippen LogP contribution in [-0.4, -0.2) is 33.0 Å². The molecule has 5 heteroatoms. The molecule has 0 spiro atoms. The Morgan fingerprint density at radius 1 is 1.35 bits per heavy atom. The summed E-state index contributed by atoms with van der Waals surface area (Å²) in [5.74, 6) is 0.329. The van der Waals surface area contributed by atoms with Crippen LogP contribution in [0.1, 0.15) is 36.2 Å². The van der Waals surface area contributed by atoms with Crippen molar-refractivity contribution in [3.63, 3.8) is 0 Å². The first-order chi connectivity index (χ1) is 9.78. The predicted molar refractivity (Wildman–Crippen MR) is 75.5 cm³/mol. The maximum Gasteiger partial charge on any atom is 0.270 e. The van der Waals surface area contributed by atoms with Crippen molar-refractivity contribution < 1.29 is 9.90 Å². The maximum absolute atomic E-state index is 12.3. The molecule has 1 amide bonds. The van der Waals surface area contributed by atoms with E-state index in [-0.39, 0.29) is 18.6 Å². The second-order valence-corrected chi connectivity index (χ2v) is 5.45. The van der Waals surface area contributed by atoms with Crippen LogP contribution >= 0.6 is 0 Å². The van der Waals surface area contributed by atoms with Crippen molar-refractivity contribution in [2.45, 2.75) is 31.7 Å². The third kappa shape index (κ3) is 2.54. The molecule has 2 aromatic rings. The number of nitrogens with one attached hydrogen (secondary N) is 1. The fourth-order valence-electron chi connectivity index (χ4n) is 2.85. The van der Waals surface area contributed by atoms with Crippen LogP contribution in [0.15, 0.2) is 30.6 Å². The molecule has 2 heterocycles. The molecule has 2 aromatic heterocycles. The van der Waals surface area contributed by atoms with E-state index < -0.39 is 0 Å². The number of imidazole rings is 1. The first kappa shape index (κ1) is 13.1. The standard InChI is InChI=1S/C15H19N3O2/c19-10-11-4-6-12(7-5-11)17-15(20)13-9-16-14-3-1-2-8-18(13)14/h1-3,8-9,11-12,19H,4-7,10H2,(H,17,20). The van der Waals surface area contributed by atoms with Crippen LogP contribution < -0.4 is 5.32 Å². The Morgan fingerprint density at radius 3 is 2.90 bits per heavy atom. The van der Waals surface area contributed by atoms with Gasteiger partial charge in [0.15, 0.2) is 0 Å². The van der Waals surface area contributed by atoms with Crippen LogP contribution in [0, 0.1) is 5.92 Å². The number of aliphatic hydroxyl groups excluding tert-OH is 1. The van der Waals surface area contributed by atoms with Gasteiger partial charge in [-0.05, 0) is 43.7 Å². The highest BCUT2D eigenvalue weighted by molar-refractivity contribution is 5.93. The summed E-state index contributed by atoms with van der Waals surface area (Å²) in [6.07, 6.45) is 7.30. The number of aromatic nitrogens is 2. The van der Waals surface area contributed by atoms with Gasteiger partial charge in [0.25, 0.3) is 5.91 Å². The minimum atomic E-state index is -0.0730. The normalized spacial score (nSPS) is 22.9. The third-order valence-electron chi connectivity index (χ3n) is 4.09. The number of carbonyl (C=O) groups is 1. The van der Waals surface area contributed by atoms with E-state index in [0.29, 0.717) is 11.6 Å². The molecule has 1 aliphatic carbocycles. The van der Waals surface area contributed by atoms with Crippen LogP contribution in [0.4, 0.5) is 0 Å². The number of nitrogens with zero attached hydrogens (tertiary/aromatic N) is 2. The largest absolute Gasteiger partial charge is 0.396 e. The Kier molecular flexibility index (Phi) is 3.69. The van der Waals surface area contributed by atoms with Gasteiger partial charge in [0.1, 0.15) is 11.3 Å². The molecule has 0 bridgehead atoms. The van der Waals surface area contributed by atoms with Crippen LogP contribution in [0.25, 0.3) is 5.65 Å². The van der Waals surface area contributed by atoms with Crippen LogP contribution in [0.2, 0.25) is 0 Å². The second kappa shape index (κ2) is 5.63. The topological polar surface area (TPSA) is 66.6 Å². The van der Waals surface area contributed by atoms with Crippen LogP contribution in [-0.2, 0) is 0 Å². The van der Waals surface area contributed by atoms with E-state index in [9.17, 15) is 4.79 Å². The molecule has 1 saturated carbocycles. The molecule has 0 aliphatic heterocycles. The van der Waals surface area contributed by atoms with Crippen molar-refractivity contribution in [2.75, 3.05) is 6.61 Å². The number of hydrogen-bond donors (Lipinski definition) is 2. The smallest absolute Gasteiger partial charge is 0.270 e. The molecule has 0 atom stereocenters. The highest BCUT2D eigenvalue weighted by Gasteiger charge is 2.23. The molecule has 5 nitrogen and oxygen atoms in total. The van der Waals surface area contributed by atoms with E-state index in [2.05, 4.69) is 10.3 Å². The highest BCUT2D eigenvalue weighted by atomic mass is 16.3. The van der Waals surface area contributed by atoms with Gasteiger partial charge in [-0.3, -0.25) is 9.20 Å². The van der Waals surface area contributed by atoms with Gasteiger partial charge >= 0.3 is 0 Å². The number of pyridine rings is 1. The molecule has 0 aromatic carbocycles. The summed E-state index contributed by atoms with van der Waals surface area (Å²) in [4.78, 5) is 16.5. The molecule has 2 N–H and O–H groups in total. The number of fused-ring (bicyclic) bond motifs is 1. The molecular weight excluding hydrogens is 254 g/mol. The van der Waals surface area contributed by atoms with Crippen LogP contribution in [0.3, 0.4) is 0 Å². The maximum atomic E-state index is 12.3. The van der Waals surface area contributed by atoms with Crippen LogP contribution in [0.5, 0.6) is 0 Å². The fraction of sp³-hybridized carbons (Fsp3) is 0.467. The Morgan fingerprint density at radius 2 is 2.15 bits per heavy atom. The quantitative estimate of drug-likeness (QED) is 0.893. The second-order valence-electron chi connectivity index (χ2n) is 5.45. The van der Waals surface area contributed by atoms with Gasteiger partial charge in [-0.15, -0.1) is 0 Å². The summed E-state index contributed by atoms with van der Waals surface area (Å²) in [5.41, 5.74) is 1.35. The molecule has 1 fully saturated rings. The molecule has 0 unspecified atom stereocenters. The SMILES string of the molecule is O=C(NC1CCC(CO)CC1)c1cnc2ccccn12. The lowest BCUT2D eigenvalue weighted by molar-refractivity contribution is 0.0908. The van der Waals surface area contributed by atoms with E-state index >= 15 is 0 Å². The fourth-order valence-corrected chi connectivity index (χ4v) is 2.85. The Labute approximate surface area is 117 Å². The van der Waals surface area contributed by atoms with Crippen molar-refractivity contribution in [1.29, 1.82) is 0 Å². The van der Waals surface area contributed by atoms with E-state index in [0.717, 1.165) is 31.3 Å². The monoisotopic (exact) mass is 273 g/mol. The zero-order valence-corrected chi connectivity index (χ0v) is 11.3. The average molecular weight is 273 g/mol. The summed E-state index contributed by atoms with van der Waals surface area (Å²) >= 11 is 0. The lowest BCUT2D eigenvalue weighted by Gasteiger charge is -2.27. The Hall–Kier alpha value is -1.88. The molecule has 1 aliphatic rings. The number of carbonyl (C=O) groups excluding carboxylic acids is 1. The zero-order valence-electron chi connectivity index (χ0n) is 11.3. The molecule has 0 radical (unpaired) electrons. The first-order valence-corrected chi connectivity index (χ1v) is 7.11. The summed E-state index contributed by atoms with van der Waals surface area (Å²) in [7, 11) is 0. The lowest BCUT2D eigenvalue weighted by Crippen LogP contribution is -2.38. The Bertz CT molecular complexity index is 600. The van der Waals surface area contributed by atoms with Gasteiger partial charge in [-0.25, -0.2) is 4.98 Å². The van der Waals surface area contributed by atoms with Gasteiger partial charge in [-0.2, -0.15) is 0 Å². The van der Waals surface area contributed by atoms with E-state index in [4.69, 9.17) is 5.11 Å². The predicted octanol–water partition coefficient (Wildman–Crippen LogP) is 1.62. The van der Waals surface area contributed by atoms with Gasteiger partial charge in [-0.1, -0.05) is 6.07 Å². The summed E-state index contributed by atoms with van der Waals surface area (Å²) in [6, 6.07) is 5.88. The van der Waals surface area contributed by atoms with Crippen molar-refractivity contribution in [3.8, 4) is 0 Å². The molecule has 20 heavy (non-hydrogen) atoms. The minimum absolute atomic E-state index is 0.0730. The third-order valence-corrected chi connectivity index (χ3v) is 4.09. The lowest BCUT2D eigenvalue weighted by atomic mass is 9.86. The number of aliphatic hydroxyl groups is 1. The molecule has 0 saturated heterocycles. The van der Waals surface area contributed by atoms with E-state index in [1.54, 1.807) is 10.6 Å². The van der Waals surface area contributed by atoms with Gasteiger partial charge in [0.05, 0.1) is 6.20 Å². The highest BCUT2D eigenvalue weighted by Crippen LogP contribution is 2.23. The molecule has 106 valence electrons. The number of amides is 1. The van der Waals surface area contributed by atoms with Crippen molar-refractivity contribution >= 4 is 11.6 Å². The van der Waals surface area contributed by atoms with Gasteiger partial charge in [0.2, 0.25) is 0 Å². The van der Waals surface area contributed by atoms with Gasteiger partial charge < -0.3 is 10.4 Å². The van der Waals surface area contributed by atoms with Crippen molar-refractivity contribution in [1.82, 2.24) is 14.7 Å². The number of hydrogen-bond acceptors (Lipinski definition) is 3. The summed E-state index contributed by atoms with van der Waals surface area (Å²) in [6.45, 7) is 0.258. The van der Waals surface area contributed by atoms with Gasteiger partial charge in [0, 0.05) is 18.8 Å².